The van der Waals surface area contributed by atoms with E-state index in [-0.39, 0.29) is 11.5 Å². The van der Waals surface area contributed by atoms with Gasteiger partial charge in [0.05, 0.1) is 0 Å². The molecule has 0 fully saturated rings. The molecule has 3 heteroatoms. The summed E-state index contributed by atoms with van der Waals surface area (Å²) in [5, 5.41) is 18.5. The molecule has 0 unspecified atom stereocenters. The van der Waals surface area contributed by atoms with Crippen LogP contribution in [0.15, 0.2) is 42.5 Å². The molecule has 0 aliphatic rings. The summed E-state index contributed by atoms with van der Waals surface area (Å²) in [6, 6.07) is 10.2. The van der Waals surface area contributed by atoms with Crippen molar-refractivity contribution in [1.29, 1.82) is 0 Å². The highest BCUT2D eigenvalue weighted by atomic mass is 19.1. The monoisotopic (exact) mass is 204 g/mol. The van der Waals surface area contributed by atoms with Crippen molar-refractivity contribution in [3.63, 3.8) is 0 Å². The predicted molar refractivity (Wildman–Crippen MR) is 55.2 cm³/mol. The van der Waals surface area contributed by atoms with Crippen LogP contribution in [0.1, 0.15) is 0 Å². The lowest BCUT2D eigenvalue weighted by Crippen LogP contribution is -1.80. The van der Waals surface area contributed by atoms with Crippen molar-refractivity contribution >= 4 is 0 Å². The Morgan fingerprint density at radius 3 is 2.20 bits per heavy atom. The summed E-state index contributed by atoms with van der Waals surface area (Å²) in [6.45, 7) is 0. The van der Waals surface area contributed by atoms with Crippen molar-refractivity contribution in [2.75, 3.05) is 0 Å². The molecule has 2 rings (SSSR count). The van der Waals surface area contributed by atoms with Crippen molar-refractivity contribution in [3.05, 3.63) is 48.3 Å². The van der Waals surface area contributed by atoms with Gasteiger partial charge < -0.3 is 10.2 Å². The average Bonchev–Trinajstić information content (AvgIpc) is 2.16. The first-order chi connectivity index (χ1) is 7.15. The van der Waals surface area contributed by atoms with Gasteiger partial charge in [0.25, 0.3) is 0 Å². The lowest BCUT2D eigenvalue weighted by molar-refractivity contribution is 0.469. The highest BCUT2D eigenvalue weighted by Gasteiger charge is 2.02. The molecule has 0 spiro atoms. The van der Waals surface area contributed by atoms with E-state index in [4.69, 9.17) is 0 Å². The normalized spacial score (nSPS) is 10.2. The van der Waals surface area contributed by atoms with Crippen LogP contribution < -0.4 is 0 Å². The highest BCUT2D eigenvalue weighted by Crippen LogP contribution is 2.26. The van der Waals surface area contributed by atoms with Crippen molar-refractivity contribution in [2.45, 2.75) is 0 Å². The maximum Gasteiger partial charge on any atom is 0.127 e. The molecule has 0 atom stereocenters. The molecule has 15 heavy (non-hydrogen) atoms. The molecular formula is C12H9FO2. The summed E-state index contributed by atoms with van der Waals surface area (Å²) in [7, 11) is 0. The van der Waals surface area contributed by atoms with Crippen LogP contribution in [0, 0.1) is 5.82 Å². The first-order valence-electron chi connectivity index (χ1n) is 4.44. The molecule has 2 nitrogen and oxygen atoms in total. The third-order valence-electron chi connectivity index (χ3n) is 2.06. The van der Waals surface area contributed by atoms with Crippen LogP contribution in [0.25, 0.3) is 11.1 Å². The van der Waals surface area contributed by atoms with Gasteiger partial charge in [0.2, 0.25) is 0 Å². The first-order valence-corrected chi connectivity index (χ1v) is 4.44. The largest absolute Gasteiger partial charge is 0.508 e. The van der Waals surface area contributed by atoms with Gasteiger partial charge in [0, 0.05) is 6.07 Å². The zero-order chi connectivity index (χ0) is 10.8. The number of hydrogen-bond acceptors (Lipinski definition) is 2. The van der Waals surface area contributed by atoms with E-state index < -0.39 is 5.82 Å². The fourth-order valence-corrected chi connectivity index (χ4v) is 1.43. The van der Waals surface area contributed by atoms with Gasteiger partial charge in [-0.3, -0.25) is 0 Å². The third-order valence-corrected chi connectivity index (χ3v) is 2.06. The van der Waals surface area contributed by atoms with Crippen LogP contribution >= 0.6 is 0 Å². The molecule has 2 aromatic rings. The Labute approximate surface area is 86.2 Å². The maximum atomic E-state index is 13.0. The smallest absolute Gasteiger partial charge is 0.127 e. The Hall–Kier alpha value is -2.03. The Kier molecular flexibility index (Phi) is 2.29. The van der Waals surface area contributed by atoms with Crippen LogP contribution in [0.4, 0.5) is 4.39 Å². The van der Waals surface area contributed by atoms with E-state index in [0.29, 0.717) is 11.1 Å². The number of hydrogen-bond donors (Lipinski definition) is 2. The molecular weight excluding hydrogens is 195 g/mol. The lowest BCUT2D eigenvalue weighted by Gasteiger charge is -2.03. The quantitative estimate of drug-likeness (QED) is 0.749. The van der Waals surface area contributed by atoms with Crippen LogP contribution in [0.5, 0.6) is 11.5 Å². The van der Waals surface area contributed by atoms with E-state index in [9.17, 15) is 14.6 Å². The third kappa shape index (κ3) is 2.07. The lowest BCUT2D eigenvalue weighted by atomic mass is 10.1. The molecule has 0 bridgehead atoms. The number of phenolic OH excluding ortho intramolecular Hbond substituents is 2. The fraction of sp³-hybridized carbons (Fsp3) is 0. The minimum Gasteiger partial charge on any atom is -0.508 e. The molecule has 0 aliphatic carbocycles. The number of aromatic hydroxyl groups is 2. The Morgan fingerprint density at radius 1 is 0.800 bits per heavy atom. The molecule has 0 radical (unpaired) electrons. The molecule has 0 aliphatic heterocycles. The standard InChI is InChI=1S/C12H9FO2/c13-10-4-9(6-12(15)7-10)8-2-1-3-11(14)5-8/h1-7,14-15H. The SMILES string of the molecule is Oc1cccc(-c2cc(O)cc(F)c2)c1. The van der Waals surface area contributed by atoms with E-state index >= 15 is 0 Å². The van der Waals surface area contributed by atoms with Gasteiger partial charge in [-0.2, -0.15) is 0 Å². The van der Waals surface area contributed by atoms with E-state index in [1.54, 1.807) is 12.1 Å². The van der Waals surface area contributed by atoms with Gasteiger partial charge in [-0.1, -0.05) is 12.1 Å². The van der Waals surface area contributed by atoms with E-state index in [1.807, 2.05) is 0 Å². The summed E-state index contributed by atoms with van der Waals surface area (Å²) in [4.78, 5) is 0. The summed E-state index contributed by atoms with van der Waals surface area (Å²) in [6.07, 6.45) is 0. The van der Waals surface area contributed by atoms with Crippen LogP contribution in [-0.2, 0) is 0 Å². The molecule has 76 valence electrons. The zero-order valence-corrected chi connectivity index (χ0v) is 7.81. The highest BCUT2D eigenvalue weighted by molar-refractivity contribution is 5.66. The molecule has 2 aromatic carbocycles. The minimum atomic E-state index is -0.506. The maximum absolute atomic E-state index is 13.0. The number of halogens is 1. The Morgan fingerprint density at radius 2 is 1.53 bits per heavy atom. The van der Waals surface area contributed by atoms with Gasteiger partial charge in [-0.05, 0) is 35.4 Å². The number of benzene rings is 2. The van der Waals surface area contributed by atoms with E-state index in [1.165, 1.54) is 24.3 Å². The first kappa shape index (κ1) is 9.52. The van der Waals surface area contributed by atoms with Gasteiger partial charge in [-0.25, -0.2) is 4.39 Å². The second kappa shape index (κ2) is 3.61. The molecule has 0 heterocycles. The van der Waals surface area contributed by atoms with Gasteiger partial charge in [0.1, 0.15) is 17.3 Å². The predicted octanol–water partition coefficient (Wildman–Crippen LogP) is 2.90. The number of phenols is 2. The zero-order valence-electron chi connectivity index (χ0n) is 7.81. The van der Waals surface area contributed by atoms with Crippen LogP contribution in [-0.4, -0.2) is 10.2 Å². The van der Waals surface area contributed by atoms with E-state index in [2.05, 4.69) is 0 Å². The molecule has 0 saturated heterocycles. The Bertz CT molecular complexity index is 474. The molecule has 0 saturated carbocycles. The number of rotatable bonds is 1. The summed E-state index contributed by atoms with van der Waals surface area (Å²) in [5.41, 5.74) is 1.19. The second-order valence-electron chi connectivity index (χ2n) is 3.25. The average molecular weight is 204 g/mol. The minimum absolute atomic E-state index is 0.108. The van der Waals surface area contributed by atoms with Crippen molar-refractivity contribution in [1.82, 2.24) is 0 Å². The van der Waals surface area contributed by atoms with Gasteiger partial charge >= 0.3 is 0 Å². The van der Waals surface area contributed by atoms with Crippen LogP contribution in [0.2, 0.25) is 0 Å². The summed E-state index contributed by atoms with van der Waals surface area (Å²) in [5.74, 6) is -0.530. The topological polar surface area (TPSA) is 40.5 Å². The molecule has 0 aromatic heterocycles. The molecule has 2 N–H and O–H groups in total. The van der Waals surface area contributed by atoms with Crippen LogP contribution in [0.3, 0.4) is 0 Å². The Balaban J connectivity index is 2.54. The van der Waals surface area contributed by atoms with Crippen molar-refractivity contribution < 1.29 is 14.6 Å². The van der Waals surface area contributed by atoms with E-state index in [0.717, 1.165) is 6.07 Å². The van der Waals surface area contributed by atoms with Crippen molar-refractivity contribution in [3.8, 4) is 22.6 Å². The summed E-state index contributed by atoms with van der Waals surface area (Å²) >= 11 is 0. The second-order valence-corrected chi connectivity index (χ2v) is 3.25. The molecule has 0 amide bonds. The van der Waals surface area contributed by atoms with Crippen molar-refractivity contribution in [2.24, 2.45) is 0 Å². The van der Waals surface area contributed by atoms with Gasteiger partial charge in [0.15, 0.2) is 0 Å². The summed E-state index contributed by atoms with van der Waals surface area (Å²) < 4.78 is 13.0. The fourth-order valence-electron chi connectivity index (χ4n) is 1.43. The van der Waals surface area contributed by atoms with Gasteiger partial charge in [-0.15, -0.1) is 0 Å².